The second-order valence-electron chi connectivity index (χ2n) is 7.28. The maximum absolute atomic E-state index is 13.6. The molecule has 0 saturated heterocycles. The fraction of sp³-hybridized carbons (Fsp3) is 0.292. The highest BCUT2D eigenvalue weighted by Crippen LogP contribution is 2.38. The molecule has 8 nitrogen and oxygen atoms in total. The van der Waals surface area contributed by atoms with Gasteiger partial charge in [-0.1, -0.05) is 17.4 Å². The number of thiophene rings is 1. The third kappa shape index (κ3) is 4.14. The van der Waals surface area contributed by atoms with Gasteiger partial charge in [0.1, 0.15) is 6.04 Å². The van der Waals surface area contributed by atoms with Gasteiger partial charge < -0.3 is 18.9 Å². The monoisotopic (exact) mass is 500 g/mol. The number of aromatic nitrogens is 1. The lowest BCUT2D eigenvalue weighted by Crippen LogP contribution is -2.39. The Balaban J connectivity index is 1.92. The first-order valence-corrected chi connectivity index (χ1v) is 12.2. The Hall–Kier alpha value is -3.37. The van der Waals surface area contributed by atoms with Crippen molar-refractivity contribution in [2.75, 3.05) is 27.9 Å². The summed E-state index contributed by atoms with van der Waals surface area (Å²) in [6.07, 6.45) is 1.75. The minimum atomic E-state index is -0.600. The van der Waals surface area contributed by atoms with E-state index in [0.29, 0.717) is 43.4 Å². The number of hydrogen-bond donors (Lipinski definition) is 0. The molecule has 3 heterocycles. The molecule has 0 N–H and O–H groups in total. The average Bonchev–Trinajstić information content (AvgIpc) is 3.46. The number of thiazole rings is 1. The summed E-state index contributed by atoms with van der Waals surface area (Å²) in [4.78, 5) is 32.4. The second-order valence-corrected chi connectivity index (χ2v) is 9.26. The highest BCUT2D eigenvalue weighted by Gasteiger charge is 2.33. The molecule has 1 aliphatic rings. The molecule has 1 aromatic carbocycles. The lowest BCUT2D eigenvalue weighted by molar-refractivity contribution is -0.139. The van der Waals surface area contributed by atoms with Gasteiger partial charge in [-0.15, -0.1) is 11.3 Å². The minimum Gasteiger partial charge on any atom is -0.493 e. The van der Waals surface area contributed by atoms with Crippen LogP contribution in [-0.2, 0) is 9.53 Å². The van der Waals surface area contributed by atoms with Gasteiger partial charge in [0.15, 0.2) is 16.3 Å². The lowest BCUT2D eigenvalue weighted by atomic mass is 10.0. The van der Waals surface area contributed by atoms with Crippen LogP contribution in [0.2, 0.25) is 0 Å². The van der Waals surface area contributed by atoms with Crippen LogP contribution in [0.4, 0.5) is 0 Å². The van der Waals surface area contributed by atoms with E-state index in [9.17, 15) is 9.59 Å². The zero-order chi connectivity index (χ0) is 24.4. The molecule has 0 spiro atoms. The molecule has 0 bridgehead atoms. The highest BCUT2D eigenvalue weighted by molar-refractivity contribution is 7.10. The fourth-order valence-corrected chi connectivity index (χ4v) is 5.71. The third-order valence-electron chi connectivity index (χ3n) is 5.31. The van der Waals surface area contributed by atoms with Crippen LogP contribution in [-0.4, -0.2) is 38.5 Å². The Morgan fingerprint density at radius 2 is 1.88 bits per heavy atom. The van der Waals surface area contributed by atoms with Gasteiger partial charge in [0.2, 0.25) is 5.75 Å². The Bertz CT molecular complexity index is 1410. The number of rotatable bonds is 7. The van der Waals surface area contributed by atoms with Crippen LogP contribution in [0.1, 0.15) is 30.3 Å². The van der Waals surface area contributed by atoms with Crippen molar-refractivity contribution in [2.45, 2.75) is 19.9 Å². The standard InChI is InChI=1S/C24H24N2O6S2/c1-6-32-23(28)19-13(2)25-24-26(20(19)17-8-7-9-33-17)22(27)18(34-24)12-14-10-15(29-3)21(31-5)16(11-14)30-4/h7-12,20H,6H2,1-5H3/b18-12+. The molecule has 0 amide bonds. The van der Waals surface area contributed by atoms with Crippen molar-refractivity contribution in [1.29, 1.82) is 0 Å². The van der Waals surface area contributed by atoms with Crippen LogP contribution in [0.3, 0.4) is 0 Å². The molecule has 0 fully saturated rings. The van der Waals surface area contributed by atoms with Gasteiger partial charge in [0.25, 0.3) is 5.56 Å². The van der Waals surface area contributed by atoms with Gasteiger partial charge in [-0.2, -0.15) is 0 Å². The summed E-state index contributed by atoms with van der Waals surface area (Å²) >= 11 is 2.73. The summed E-state index contributed by atoms with van der Waals surface area (Å²) in [6.45, 7) is 3.75. The molecule has 0 aliphatic carbocycles. The smallest absolute Gasteiger partial charge is 0.338 e. The van der Waals surface area contributed by atoms with Crippen LogP contribution in [0.15, 0.2) is 50.7 Å². The first kappa shape index (κ1) is 23.8. The number of hydrogen-bond acceptors (Lipinski definition) is 9. The minimum absolute atomic E-state index is 0.234. The van der Waals surface area contributed by atoms with Crippen LogP contribution in [0.25, 0.3) is 6.08 Å². The molecule has 1 unspecified atom stereocenters. The third-order valence-corrected chi connectivity index (χ3v) is 7.22. The van der Waals surface area contributed by atoms with Gasteiger partial charge >= 0.3 is 5.97 Å². The van der Waals surface area contributed by atoms with Gasteiger partial charge in [-0.3, -0.25) is 9.36 Å². The predicted molar refractivity (Wildman–Crippen MR) is 131 cm³/mol. The van der Waals surface area contributed by atoms with Gasteiger partial charge in [0.05, 0.1) is 43.7 Å². The SMILES string of the molecule is CCOC(=O)C1=C(C)N=c2s/c(=C/c3cc(OC)c(OC)c(OC)c3)c(=O)n2C1c1cccs1. The van der Waals surface area contributed by atoms with Crippen molar-refractivity contribution in [3.05, 3.63) is 71.0 Å². The van der Waals surface area contributed by atoms with Crippen LogP contribution >= 0.6 is 22.7 Å². The molecule has 0 radical (unpaired) electrons. The summed E-state index contributed by atoms with van der Waals surface area (Å²) in [6, 6.07) is 6.74. The Kier molecular flexibility index (Phi) is 6.90. The van der Waals surface area contributed by atoms with Crippen molar-refractivity contribution in [3.63, 3.8) is 0 Å². The zero-order valence-electron chi connectivity index (χ0n) is 19.4. The summed E-state index contributed by atoms with van der Waals surface area (Å²) < 4.78 is 23.6. The summed E-state index contributed by atoms with van der Waals surface area (Å²) in [5.74, 6) is 0.965. The van der Waals surface area contributed by atoms with E-state index in [0.717, 1.165) is 4.88 Å². The number of esters is 1. The number of fused-ring (bicyclic) bond motifs is 1. The Morgan fingerprint density at radius 1 is 1.18 bits per heavy atom. The summed E-state index contributed by atoms with van der Waals surface area (Å²) in [5.41, 5.74) is 1.37. The molecule has 4 rings (SSSR count). The molecule has 0 saturated carbocycles. The fourth-order valence-electron chi connectivity index (χ4n) is 3.84. The molecular formula is C24H24N2O6S2. The van der Waals surface area contributed by atoms with E-state index >= 15 is 0 Å². The molecule has 1 atom stereocenters. The van der Waals surface area contributed by atoms with E-state index < -0.39 is 12.0 Å². The van der Waals surface area contributed by atoms with Crippen molar-refractivity contribution < 1.29 is 23.7 Å². The Labute approximate surface area is 204 Å². The normalized spacial score (nSPS) is 15.6. The van der Waals surface area contributed by atoms with Crippen LogP contribution in [0, 0.1) is 0 Å². The first-order valence-electron chi connectivity index (χ1n) is 10.5. The van der Waals surface area contributed by atoms with Crippen LogP contribution < -0.4 is 29.1 Å². The zero-order valence-corrected chi connectivity index (χ0v) is 21.0. The summed E-state index contributed by atoms with van der Waals surface area (Å²) in [7, 11) is 4.61. The largest absolute Gasteiger partial charge is 0.493 e. The number of benzene rings is 1. The van der Waals surface area contributed by atoms with E-state index in [2.05, 4.69) is 4.99 Å². The van der Waals surface area contributed by atoms with E-state index in [1.54, 1.807) is 36.6 Å². The van der Waals surface area contributed by atoms with Gasteiger partial charge in [0, 0.05) is 4.88 Å². The molecule has 1 aliphatic heterocycles. The average molecular weight is 501 g/mol. The number of allylic oxidation sites excluding steroid dienone is 1. The molecule has 10 heteroatoms. The number of methoxy groups -OCH3 is 3. The first-order chi connectivity index (χ1) is 16.4. The predicted octanol–water partition coefficient (Wildman–Crippen LogP) is 2.89. The van der Waals surface area contributed by atoms with Crippen molar-refractivity contribution in [1.82, 2.24) is 4.57 Å². The van der Waals surface area contributed by atoms with Crippen molar-refractivity contribution in [2.24, 2.45) is 4.99 Å². The molecule has 178 valence electrons. The Morgan fingerprint density at radius 3 is 2.44 bits per heavy atom. The van der Waals surface area contributed by atoms with E-state index in [1.807, 2.05) is 17.5 Å². The van der Waals surface area contributed by atoms with Crippen molar-refractivity contribution >= 4 is 34.7 Å². The van der Waals surface area contributed by atoms with Crippen molar-refractivity contribution in [3.8, 4) is 17.2 Å². The number of carbonyl (C=O) groups excluding carboxylic acids is 1. The van der Waals surface area contributed by atoms with Gasteiger partial charge in [-0.25, -0.2) is 9.79 Å². The molecule has 2 aromatic heterocycles. The second kappa shape index (κ2) is 9.86. The van der Waals surface area contributed by atoms with E-state index in [4.69, 9.17) is 18.9 Å². The summed E-state index contributed by atoms with van der Waals surface area (Å²) in [5, 5.41) is 1.92. The number of nitrogens with zero attached hydrogens (tertiary/aromatic N) is 2. The number of carbonyl (C=O) groups is 1. The maximum Gasteiger partial charge on any atom is 0.338 e. The van der Waals surface area contributed by atoms with Gasteiger partial charge in [-0.05, 0) is 49.1 Å². The topological polar surface area (TPSA) is 88.4 Å². The lowest BCUT2D eigenvalue weighted by Gasteiger charge is -2.23. The number of ether oxygens (including phenoxy) is 4. The molecule has 34 heavy (non-hydrogen) atoms. The van der Waals surface area contributed by atoms with Crippen LogP contribution in [0.5, 0.6) is 17.2 Å². The maximum atomic E-state index is 13.6. The molecular weight excluding hydrogens is 476 g/mol. The highest BCUT2D eigenvalue weighted by atomic mass is 32.1. The van der Waals surface area contributed by atoms with E-state index in [1.165, 1.54) is 44.0 Å². The molecule has 3 aromatic rings. The van der Waals surface area contributed by atoms with E-state index in [-0.39, 0.29) is 12.2 Å². The quantitative estimate of drug-likeness (QED) is 0.464.